The summed E-state index contributed by atoms with van der Waals surface area (Å²) < 4.78 is 0. The second-order valence-electron chi connectivity index (χ2n) is 8.64. The maximum atomic E-state index is 12.8. The van der Waals surface area contributed by atoms with Crippen LogP contribution >= 0.6 is 23.4 Å². The van der Waals surface area contributed by atoms with E-state index in [4.69, 9.17) is 11.6 Å². The first-order chi connectivity index (χ1) is 15.5. The number of allylic oxidation sites excluding steroid dienone is 1. The van der Waals surface area contributed by atoms with E-state index in [1.54, 1.807) is 30.3 Å². The molecule has 33 heavy (non-hydrogen) atoms. The summed E-state index contributed by atoms with van der Waals surface area (Å²) in [6.07, 6.45) is 3.92. The number of carbonyl (C=O) groups excluding carboxylic acids is 3. The first-order valence-electron chi connectivity index (χ1n) is 10.4. The third-order valence-corrected chi connectivity index (χ3v) is 7.00. The van der Waals surface area contributed by atoms with Gasteiger partial charge in [-0.05, 0) is 86.1 Å². The van der Waals surface area contributed by atoms with E-state index in [-0.39, 0.29) is 12.1 Å². The average Bonchev–Trinajstić information content (AvgIpc) is 3.01. The van der Waals surface area contributed by atoms with Crippen LogP contribution in [0.1, 0.15) is 31.9 Å². The molecular weight excluding hydrogens is 458 g/mol. The molecule has 2 heterocycles. The van der Waals surface area contributed by atoms with Crippen molar-refractivity contribution in [1.29, 1.82) is 0 Å². The van der Waals surface area contributed by atoms with Gasteiger partial charge in [-0.15, -0.1) is 0 Å². The first kappa shape index (κ1) is 23.1. The minimum Gasteiger partial charge on any atom is -0.366 e. The molecule has 0 aliphatic carbocycles. The number of nitrogens with zero attached hydrogens (tertiary/aromatic N) is 2. The normalized spacial score (nSPS) is 18.5. The maximum Gasteiger partial charge on any atom is 0.294 e. The van der Waals surface area contributed by atoms with Gasteiger partial charge in [-0.25, -0.2) is 0 Å². The van der Waals surface area contributed by atoms with Crippen LogP contribution in [-0.2, 0) is 9.59 Å². The van der Waals surface area contributed by atoms with E-state index in [1.807, 2.05) is 18.2 Å². The van der Waals surface area contributed by atoms with Crippen LogP contribution in [0.5, 0.6) is 0 Å². The van der Waals surface area contributed by atoms with E-state index in [2.05, 4.69) is 44.1 Å². The topological polar surface area (TPSA) is 69.7 Å². The molecule has 0 saturated carbocycles. The molecule has 1 fully saturated rings. The Labute approximate surface area is 202 Å². The lowest BCUT2D eigenvalue weighted by Gasteiger charge is -2.40. The Morgan fingerprint density at radius 3 is 2.55 bits per heavy atom. The molecule has 2 aromatic carbocycles. The number of amides is 3. The minimum absolute atomic E-state index is 0.0894. The summed E-state index contributed by atoms with van der Waals surface area (Å²) in [5.41, 5.74) is 4.64. The third kappa shape index (κ3) is 4.70. The number of likely N-dealkylation sites (N-methyl/N-ethyl adjacent to an activating group) is 1. The molecule has 2 aromatic rings. The van der Waals surface area contributed by atoms with E-state index in [0.29, 0.717) is 15.6 Å². The minimum atomic E-state index is -0.473. The van der Waals surface area contributed by atoms with Gasteiger partial charge in [0.1, 0.15) is 6.54 Å². The van der Waals surface area contributed by atoms with Crippen LogP contribution < -0.4 is 10.2 Å². The third-order valence-electron chi connectivity index (χ3n) is 5.84. The van der Waals surface area contributed by atoms with Crippen molar-refractivity contribution >= 4 is 63.4 Å². The molecule has 8 heteroatoms. The molecular formula is C25H24ClN3O3S. The molecule has 3 amide bonds. The number of halogens is 1. The summed E-state index contributed by atoms with van der Waals surface area (Å²) in [6, 6.07) is 12.6. The number of anilines is 2. The number of carbonyl (C=O) groups is 3. The Bertz CT molecular complexity index is 1220. The largest absolute Gasteiger partial charge is 0.366 e. The molecule has 0 unspecified atom stereocenters. The van der Waals surface area contributed by atoms with Gasteiger partial charge < -0.3 is 10.2 Å². The highest BCUT2D eigenvalue weighted by Crippen LogP contribution is 2.39. The van der Waals surface area contributed by atoms with Gasteiger partial charge in [-0.1, -0.05) is 23.7 Å². The van der Waals surface area contributed by atoms with Crippen molar-refractivity contribution in [3.8, 4) is 0 Å². The molecule has 1 saturated heterocycles. The number of nitrogens with one attached hydrogen (secondary N) is 1. The van der Waals surface area contributed by atoms with E-state index in [9.17, 15) is 14.4 Å². The molecule has 2 aliphatic rings. The summed E-state index contributed by atoms with van der Waals surface area (Å²) in [4.78, 5) is 41.1. The summed E-state index contributed by atoms with van der Waals surface area (Å²) >= 11 is 6.69. The Morgan fingerprint density at radius 1 is 1.15 bits per heavy atom. The smallest absolute Gasteiger partial charge is 0.294 e. The van der Waals surface area contributed by atoms with E-state index >= 15 is 0 Å². The van der Waals surface area contributed by atoms with Crippen molar-refractivity contribution in [3.05, 3.63) is 69.6 Å². The number of rotatable bonds is 4. The SMILES string of the molecule is CC1=CC(C)(C)N(C)c2ccc(/C=C3\SC(=O)N(CC(=O)Nc4ccc(Cl)cc4)C3=O)cc21. The molecule has 0 atom stereocenters. The number of hydrogen-bond donors (Lipinski definition) is 1. The van der Waals surface area contributed by atoms with E-state index < -0.39 is 17.1 Å². The van der Waals surface area contributed by atoms with Crippen molar-refractivity contribution in [2.45, 2.75) is 26.3 Å². The molecule has 0 spiro atoms. The Hall–Kier alpha value is -3.03. The fraction of sp³-hybridized carbons (Fsp3) is 0.240. The molecule has 4 rings (SSSR count). The van der Waals surface area contributed by atoms with E-state index in [1.165, 1.54) is 0 Å². The lowest BCUT2D eigenvalue weighted by Crippen LogP contribution is -2.42. The van der Waals surface area contributed by atoms with Crippen molar-refractivity contribution in [2.24, 2.45) is 0 Å². The zero-order chi connectivity index (χ0) is 23.9. The van der Waals surface area contributed by atoms with Crippen molar-refractivity contribution in [1.82, 2.24) is 4.90 Å². The van der Waals surface area contributed by atoms with Gasteiger partial charge in [0, 0.05) is 29.0 Å². The van der Waals surface area contributed by atoms with Gasteiger partial charge in [-0.2, -0.15) is 0 Å². The summed E-state index contributed by atoms with van der Waals surface area (Å²) in [5, 5.41) is 2.75. The fourth-order valence-corrected chi connectivity index (χ4v) is 4.90. The monoisotopic (exact) mass is 481 g/mol. The standard InChI is InChI=1S/C25H24ClN3O3S/c1-15-13-25(2,3)28(4)20-10-5-16(11-19(15)20)12-21-23(31)29(24(32)33-21)14-22(30)27-18-8-6-17(26)7-9-18/h5-13H,14H2,1-4H3,(H,27,30)/b21-12-. The molecule has 170 valence electrons. The highest BCUT2D eigenvalue weighted by molar-refractivity contribution is 8.18. The van der Waals surface area contributed by atoms with Gasteiger partial charge in [0.05, 0.1) is 10.4 Å². The van der Waals surface area contributed by atoms with Crippen LogP contribution in [0.15, 0.2) is 53.4 Å². The lowest BCUT2D eigenvalue weighted by molar-refractivity contribution is -0.127. The second-order valence-corrected chi connectivity index (χ2v) is 10.1. The Kier molecular flexibility index (Phi) is 6.12. The van der Waals surface area contributed by atoms with E-state index in [0.717, 1.165) is 39.0 Å². The predicted molar refractivity (Wildman–Crippen MR) is 135 cm³/mol. The van der Waals surface area contributed by atoms with Gasteiger partial charge in [0.15, 0.2) is 0 Å². The highest BCUT2D eigenvalue weighted by atomic mass is 35.5. The molecule has 2 aliphatic heterocycles. The Morgan fingerprint density at radius 2 is 1.85 bits per heavy atom. The van der Waals surface area contributed by atoms with Gasteiger partial charge in [0.25, 0.3) is 11.1 Å². The number of thioether (sulfide) groups is 1. The van der Waals surface area contributed by atoms with Crippen molar-refractivity contribution in [3.63, 3.8) is 0 Å². The molecule has 0 bridgehead atoms. The highest BCUT2D eigenvalue weighted by Gasteiger charge is 2.36. The first-order valence-corrected chi connectivity index (χ1v) is 11.6. The number of fused-ring (bicyclic) bond motifs is 1. The lowest BCUT2D eigenvalue weighted by atomic mass is 9.88. The van der Waals surface area contributed by atoms with Gasteiger partial charge >= 0.3 is 0 Å². The van der Waals surface area contributed by atoms with Gasteiger partial charge in [0.2, 0.25) is 5.91 Å². The molecule has 0 radical (unpaired) electrons. The van der Waals surface area contributed by atoms with Crippen LogP contribution in [-0.4, -0.2) is 41.1 Å². The number of benzene rings is 2. The van der Waals surface area contributed by atoms with Crippen LogP contribution in [0.25, 0.3) is 11.6 Å². The number of imide groups is 1. The zero-order valence-corrected chi connectivity index (χ0v) is 20.4. The summed E-state index contributed by atoms with van der Waals surface area (Å²) in [7, 11) is 2.06. The quantitative estimate of drug-likeness (QED) is 0.572. The Balaban J connectivity index is 1.51. The van der Waals surface area contributed by atoms with Crippen molar-refractivity contribution < 1.29 is 14.4 Å². The van der Waals surface area contributed by atoms with Crippen LogP contribution in [0, 0.1) is 0 Å². The maximum absolute atomic E-state index is 12.8. The average molecular weight is 482 g/mol. The molecule has 1 N–H and O–H groups in total. The molecule has 0 aromatic heterocycles. The van der Waals surface area contributed by atoms with Gasteiger partial charge in [-0.3, -0.25) is 19.3 Å². The number of hydrogen-bond acceptors (Lipinski definition) is 5. The summed E-state index contributed by atoms with van der Waals surface area (Å²) in [6.45, 7) is 6.04. The second kappa shape index (κ2) is 8.72. The summed E-state index contributed by atoms with van der Waals surface area (Å²) in [5.74, 6) is -0.930. The van der Waals surface area contributed by atoms with Crippen LogP contribution in [0.4, 0.5) is 16.2 Å². The van der Waals surface area contributed by atoms with Crippen molar-refractivity contribution in [2.75, 3.05) is 23.8 Å². The fourth-order valence-electron chi connectivity index (χ4n) is 3.93. The zero-order valence-electron chi connectivity index (χ0n) is 18.8. The van der Waals surface area contributed by atoms with Crippen LogP contribution in [0.2, 0.25) is 5.02 Å². The van der Waals surface area contributed by atoms with Crippen LogP contribution in [0.3, 0.4) is 0 Å². The molecule has 6 nitrogen and oxygen atoms in total. The predicted octanol–water partition coefficient (Wildman–Crippen LogP) is 5.65.